The van der Waals surface area contributed by atoms with Crippen molar-refractivity contribution in [3.8, 4) is 0 Å². The van der Waals surface area contributed by atoms with Crippen LogP contribution in [0.3, 0.4) is 0 Å². The normalized spacial score (nSPS) is 23.9. The molecule has 0 bridgehead atoms. The molecule has 1 amide bonds. The third-order valence-electron chi connectivity index (χ3n) is 3.89. The number of carbonyl (C=O) groups excluding carboxylic acids is 1. The van der Waals surface area contributed by atoms with E-state index in [0.29, 0.717) is 25.0 Å². The minimum absolute atomic E-state index is 0.0245. The number of rotatable bonds is 7. The molecule has 0 spiro atoms. The summed E-state index contributed by atoms with van der Waals surface area (Å²) in [5, 5.41) is 10.5. The van der Waals surface area contributed by atoms with E-state index in [2.05, 4.69) is 0 Å². The Morgan fingerprint density at radius 3 is 2.77 bits per heavy atom. The number of ether oxygens (including phenoxy) is 1. The van der Waals surface area contributed by atoms with E-state index >= 15 is 0 Å². The van der Waals surface area contributed by atoms with Crippen molar-refractivity contribution < 1.29 is 19.0 Å². The van der Waals surface area contributed by atoms with Gasteiger partial charge < -0.3 is 14.7 Å². The fraction of sp³-hybridized carbons (Fsp3) is 0.562. The molecule has 0 unspecified atom stereocenters. The fourth-order valence-corrected chi connectivity index (χ4v) is 2.94. The van der Waals surface area contributed by atoms with Gasteiger partial charge in [0.2, 0.25) is 5.91 Å². The molecule has 0 atom stereocenters. The number of carbonyl (C=O) groups is 1. The second-order valence-electron chi connectivity index (χ2n) is 5.68. The molecular formula is C16H21ClFNO3. The van der Waals surface area contributed by atoms with Crippen molar-refractivity contribution in [1.29, 1.82) is 0 Å². The number of alkyl halides is 1. The number of nitrogens with zero attached hydrogens (tertiary/aromatic N) is 1. The molecule has 6 heteroatoms. The molecule has 0 aliphatic heterocycles. The van der Waals surface area contributed by atoms with Crippen molar-refractivity contribution >= 4 is 17.5 Å². The van der Waals surface area contributed by atoms with Crippen LogP contribution in [0.1, 0.15) is 25.3 Å². The van der Waals surface area contributed by atoms with Crippen molar-refractivity contribution in [1.82, 2.24) is 4.90 Å². The molecule has 1 aliphatic carbocycles. The molecule has 1 aromatic rings. The van der Waals surface area contributed by atoms with Gasteiger partial charge in [-0.15, -0.1) is 11.6 Å². The van der Waals surface area contributed by atoms with E-state index in [9.17, 15) is 14.3 Å². The molecule has 0 saturated heterocycles. The third-order valence-corrected chi connectivity index (χ3v) is 4.12. The average molecular weight is 330 g/mol. The van der Waals surface area contributed by atoms with E-state index in [1.807, 2.05) is 6.92 Å². The van der Waals surface area contributed by atoms with Gasteiger partial charge in [-0.2, -0.15) is 0 Å². The molecule has 1 aliphatic rings. The standard InChI is InChI=1S/C16H21ClFNO3/c1-2-22-13-7-16(21,8-13)11-19(15(20)9-17)10-12-5-3-4-6-14(12)18/h3-6,13,21H,2,7-11H2,1H3. The second kappa shape index (κ2) is 7.40. The average Bonchev–Trinajstić information content (AvgIpc) is 2.46. The van der Waals surface area contributed by atoms with Gasteiger partial charge in [-0.3, -0.25) is 4.79 Å². The Balaban J connectivity index is 2.02. The first-order valence-corrected chi connectivity index (χ1v) is 7.92. The summed E-state index contributed by atoms with van der Waals surface area (Å²) < 4.78 is 19.2. The highest BCUT2D eigenvalue weighted by atomic mass is 35.5. The third kappa shape index (κ3) is 4.18. The highest BCUT2D eigenvalue weighted by Gasteiger charge is 2.45. The van der Waals surface area contributed by atoms with E-state index < -0.39 is 5.60 Å². The van der Waals surface area contributed by atoms with Crippen LogP contribution in [0.2, 0.25) is 0 Å². The van der Waals surface area contributed by atoms with Gasteiger partial charge in [0.25, 0.3) is 0 Å². The Labute approximate surface area is 134 Å². The van der Waals surface area contributed by atoms with Gasteiger partial charge in [0.1, 0.15) is 11.7 Å². The summed E-state index contributed by atoms with van der Waals surface area (Å²) in [7, 11) is 0. The molecule has 122 valence electrons. The van der Waals surface area contributed by atoms with Crippen molar-refractivity contribution in [2.24, 2.45) is 0 Å². The van der Waals surface area contributed by atoms with Gasteiger partial charge in [0.05, 0.1) is 11.7 Å². The number of amides is 1. The summed E-state index contributed by atoms with van der Waals surface area (Å²) in [5.41, 5.74) is -0.572. The predicted molar refractivity (Wildman–Crippen MR) is 82.1 cm³/mol. The molecule has 1 fully saturated rings. The zero-order chi connectivity index (χ0) is 16.2. The van der Waals surface area contributed by atoms with Crippen LogP contribution in [0.15, 0.2) is 24.3 Å². The predicted octanol–water partition coefficient (Wildman–Crippen LogP) is 2.32. The van der Waals surface area contributed by atoms with Crippen molar-refractivity contribution in [3.05, 3.63) is 35.6 Å². The van der Waals surface area contributed by atoms with Crippen LogP contribution in [-0.4, -0.2) is 46.7 Å². The van der Waals surface area contributed by atoms with Crippen LogP contribution >= 0.6 is 11.6 Å². The van der Waals surface area contributed by atoms with Gasteiger partial charge in [-0.25, -0.2) is 4.39 Å². The molecule has 0 aromatic heterocycles. The number of hydrogen-bond acceptors (Lipinski definition) is 3. The van der Waals surface area contributed by atoms with E-state index in [0.717, 1.165) is 0 Å². The summed E-state index contributed by atoms with van der Waals surface area (Å²) in [6.07, 6.45) is 0.977. The first kappa shape index (κ1) is 17.2. The molecule has 0 heterocycles. The number of aliphatic hydroxyl groups is 1. The van der Waals surface area contributed by atoms with Gasteiger partial charge in [-0.05, 0) is 13.0 Å². The van der Waals surface area contributed by atoms with E-state index in [1.165, 1.54) is 11.0 Å². The summed E-state index contributed by atoms with van der Waals surface area (Å²) in [6, 6.07) is 6.28. The molecule has 22 heavy (non-hydrogen) atoms. The molecule has 1 N–H and O–H groups in total. The largest absolute Gasteiger partial charge is 0.388 e. The maximum atomic E-state index is 13.8. The first-order chi connectivity index (χ1) is 10.5. The zero-order valence-electron chi connectivity index (χ0n) is 12.6. The topological polar surface area (TPSA) is 49.8 Å². The Hall–Kier alpha value is -1.17. The number of hydrogen-bond donors (Lipinski definition) is 1. The Bertz CT molecular complexity index is 520. The highest BCUT2D eigenvalue weighted by Crippen LogP contribution is 2.35. The lowest BCUT2D eigenvalue weighted by atomic mass is 9.77. The molecule has 4 nitrogen and oxygen atoms in total. The van der Waals surface area contributed by atoms with Gasteiger partial charge in [-0.1, -0.05) is 18.2 Å². The van der Waals surface area contributed by atoms with E-state index in [1.54, 1.807) is 18.2 Å². The van der Waals surface area contributed by atoms with E-state index in [-0.39, 0.29) is 36.8 Å². The Kier molecular flexibility index (Phi) is 5.78. The van der Waals surface area contributed by atoms with Crippen LogP contribution in [0.25, 0.3) is 0 Å². The van der Waals surface area contributed by atoms with Gasteiger partial charge in [0, 0.05) is 38.1 Å². The quantitative estimate of drug-likeness (QED) is 0.781. The number of halogens is 2. The molecule has 2 rings (SSSR count). The summed E-state index contributed by atoms with van der Waals surface area (Å²) in [4.78, 5) is 13.4. The van der Waals surface area contributed by atoms with E-state index in [4.69, 9.17) is 16.3 Å². The second-order valence-corrected chi connectivity index (χ2v) is 5.95. The monoisotopic (exact) mass is 329 g/mol. The zero-order valence-corrected chi connectivity index (χ0v) is 13.4. The highest BCUT2D eigenvalue weighted by molar-refractivity contribution is 6.27. The molecule has 1 aromatic carbocycles. The minimum Gasteiger partial charge on any atom is -0.388 e. The minimum atomic E-state index is -0.979. The van der Waals surface area contributed by atoms with Crippen LogP contribution in [0.4, 0.5) is 4.39 Å². The summed E-state index contributed by atoms with van der Waals surface area (Å²) in [5.74, 6) is -0.889. The molecule has 1 saturated carbocycles. The molecule has 0 radical (unpaired) electrons. The lowest BCUT2D eigenvalue weighted by Gasteiger charge is -2.45. The van der Waals surface area contributed by atoms with Crippen LogP contribution in [0.5, 0.6) is 0 Å². The summed E-state index contributed by atoms with van der Waals surface area (Å²) in [6.45, 7) is 2.73. The van der Waals surface area contributed by atoms with Crippen molar-refractivity contribution in [2.75, 3.05) is 19.0 Å². The summed E-state index contributed by atoms with van der Waals surface area (Å²) >= 11 is 5.63. The van der Waals surface area contributed by atoms with Gasteiger partial charge >= 0.3 is 0 Å². The fourth-order valence-electron chi connectivity index (χ4n) is 2.77. The van der Waals surface area contributed by atoms with Crippen molar-refractivity contribution in [2.45, 2.75) is 38.0 Å². The lowest BCUT2D eigenvalue weighted by Crippen LogP contribution is -2.56. The lowest BCUT2D eigenvalue weighted by molar-refractivity contribution is -0.158. The maximum absolute atomic E-state index is 13.8. The Morgan fingerprint density at radius 1 is 1.50 bits per heavy atom. The van der Waals surface area contributed by atoms with Crippen LogP contribution in [0, 0.1) is 5.82 Å². The first-order valence-electron chi connectivity index (χ1n) is 7.38. The SMILES string of the molecule is CCOC1CC(O)(CN(Cc2ccccc2F)C(=O)CCl)C1. The molecular weight excluding hydrogens is 309 g/mol. The maximum Gasteiger partial charge on any atom is 0.237 e. The number of benzene rings is 1. The smallest absolute Gasteiger partial charge is 0.237 e. The van der Waals surface area contributed by atoms with Crippen LogP contribution in [-0.2, 0) is 16.1 Å². The van der Waals surface area contributed by atoms with Crippen LogP contribution < -0.4 is 0 Å². The Morgan fingerprint density at radius 2 is 2.18 bits per heavy atom. The van der Waals surface area contributed by atoms with Gasteiger partial charge in [0.15, 0.2) is 0 Å². The van der Waals surface area contributed by atoms with Crippen molar-refractivity contribution in [3.63, 3.8) is 0 Å².